The second-order valence-electron chi connectivity index (χ2n) is 4.68. The molecule has 1 unspecified atom stereocenters. The van der Waals surface area contributed by atoms with Crippen molar-refractivity contribution in [1.29, 1.82) is 0 Å². The Labute approximate surface area is 106 Å². The summed E-state index contributed by atoms with van der Waals surface area (Å²) in [5.74, 6) is 1.01. The van der Waals surface area contributed by atoms with Crippen LogP contribution in [0.5, 0.6) is 5.75 Å². The van der Waals surface area contributed by atoms with Crippen molar-refractivity contribution >= 4 is 15.9 Å². The smallest absolute Gasteiger partial charge is 0.138 e. The van der Waals surface area contributed by atoms with Gasteiger partial charge in [0, 0.05) is 24.1 Å². The lowest BCUT2D eigenvalue weighted by Gasteiger charge is -2.29. The minimum absolute atomic E-state index is 0.417. The molecule has 88 valence electrons. The van der Waals surface area contributed by atoms with Gasteiger partial charge in [-0.1, -0.05) is 19.9 Å². The Morgan fingerprint density at radius 1 is 1.44 bits per heavy atom. The van der Waals surface area contributed by atoms with Crippen LogP contribution in [-0.4, -0.2) is 12.6 Å². The summed E-state index contributed by atoms with van der Waals surface area (Å²) in [5, 5.41) is 3.59. The summed E-state index contributed by atoms with van der Waals surface area (Å²) < 4.78 is 6.80. The van der Waals surface area contributed by atoms with Crippen LogP contribution >= 0.6 is 15.9 Å². The molecule has 0 saturated carbocycles. The monoisotopic (exact) mass is 283 g/mol. The molecule has 0 radical (unpaired) electrons. The minimum atomic E-state index is 0.417. The summed E-state index contributed by atoms with van der Waals surface area (Å²) in [6.07, 6.45) is 1.04. The van der Waals surface area contributed by atoms with Gasteiger partial charge in [-0.05, 0) is 34.5 Å². The van der Waals surface area contributed by atoms with Crippen molar-refractivity contribution in [3.8, 4) is 5.75 Å². The lowest BCUT2D eigenvalue weighted by atomic mass is 9.98. The lowest BCUT2D eigenvalue weighted by Crippen LogP contribution is -2.32. The van der Waals surface area contributed by atoms with E-state index in [9.17, 15) is 0 Å². The van der Waals surface area contributed by atoms with Crippen molar-refractivity contribution < 1.29 is 4.74 Å². The number of hydrogen-bond acceptors (Lipinski definition) is 2. The number of nitrogens with one attached hydrogen (secondary N) is 1. The van der Waals surface area contributed by atoms with Gasteiger partial charge in [0.25, 0.3) is 0 Å². The molecule has 0 saturated heterocycles. The number of fused-ring (bicyclic) bond motifs is 1. The van der Waals surface area contributed by atoms with Crippen molar-refractivity contribution in [1.82, 2.24) is 5.32 Å². The van der Waals surface area contributed by atoms with E-state index in [1.54, 1.807) is 0 Å². The average molecular weight is 284 g/mol. The van der Waals surface area contributed by atoms with Gasteiger partial charge in [-0.3, -0.25) is 0 Å². The fourth-order valence-corrected chi connectivity index (χ4v) is 2.88. The molecule has 0 spiro atoms. The summed E-state index contributed by atoms with van der Waals surface area (Å²) in [4.78, 5) is 0. The molecule has 1 aliphatic rings. The number of aryl methyl sites for hydroxylation is 1. The van der Waals surface area contributed by atoms with Crippen molar-refractivity contribution in [3.05, 3.63) is 27.7 Å². The van der Waals surface area contributed by atoms with Crippen LogP contribution < -0.4 is 10.1 Å². The zero-order chi connectivity index (χ0) is 11.7. The summed E-state index contributed by atoms with van der Waals surface area (Å²) in [6.45, 7) is 7.27. The quantitative estimate of drug-likeness (QED) is 0.896. The zero-order valence-corrected chi connectivity index (χ0v) is 11.6. The first kappa shape index (κ1) is 11.9. The number of benzene rings is 1. The van der Waals surface area contributed by atoms with E-state index in [0.29, 0.717) is 12.1 Å². The lowest BCUT2D eigenvalue weighted by molar-refractivity contribution is 0.246. The van der Waals surface area contributed by atoms with Crippen LogP contribution in [0.3, 0.4) is 0 Å². The van der Waals surface area contributed by atoms with E-state index in [1.807, 2.05) is 0 Å². The number of rotatable bonds is 2. The van der Waals surface area contributed by atoms with Crippen LogP contribution in [0, 0.1) is 6.92 Å². The highest BCUT2D eigenvalue weighted by Crippen LogP contribution is 2.38. The first-order valence-corrected chi connectivity index (χ1v) is 6.56. The third-order valence-electron chi connectivity index (χ3n) is 2.78. The standard InChI is InChI=1S/C13H18BrNO/c1-8(2)15-12-4-5-16-13-10(12)6-9(3)7-11(13)14/h6-8,12,15H,4-5H2,1-3H3. The Bertz CT molecular complexity index is 390. The third-order valence-corrected chi connectivity index (χ3v) is 3.37. The predicted octanol–water partition coefficient (Wildman–Crippen LogP) is 3.58. The van der Waals surface area contributed by atoms with Gasteiger partial charge in [-0.2, -0.15) is 0 Å². The maximum atomic E-state index is 5.73. The van der Waals surface area contributed by atoms with Gasteiger partial charge in [0.05, 0.1) is 11.1 Å². The van der Waals surface area contributed by atoms with Crippen molar-refractivity contribution in [3.63, 3.8) is 0 Å². The fourth-order valence-electron chi connectivity index (χ4n) is 2.18. The van der Waals surface area contributed by atoms with Gasteiger partial charge in [-0.25, -0.2) is 0 Å². The van der Waals surface area contributed by atoms with E-state index < -0.39 is 0 Å². The molecule has 2 nitrogen and oxygen atoms in total. The molecule has 1 aromatic rings. The SMILES string of the molecule is Cc1cc(Br)c2c(c1)C(NC(C)C)CCO2. The van der Waals surface area contributed by atoms with E-state index in [0.717, 1.165) is 23.2 Å². The number of hydrogen-bond donors (Lipinski definition) is 1. The highest BCUT2D eigenvalue weighted by atomic mass is 79.9. The highest BCUT2D eigenvalue weighted by Gasteiger charge is 2.23. The normalized spacial score (nSPS) is 19.4. The molecule has 1 aliphatic heterocycles. The Morgan fingerprint density at radius 2 is 2.19 bits per heavy atom. The first-order valence-electron chi connectivity index (χ1n) is 5.77. The summed E-state index contributed by atoms with van der Waals surface area (Å²) in [7, 11) is 0. The Kier molecular flexibility index (Phi) is 3.55. The Hall–Kier alpha value is -0.540. The van der Waals surface area contributed by atoms with Crippen LogP contribution in [0.25, 0.3) is 0 Å². The minimum Gasteiger partial charge on any atom is -0.492 e. The van der Waals surface area contributed by atoms with E-state index >= 15 is 0 Å². The van der Waals surface area contributed by atoms with Gasteiger partial charge in [0.1, 0.15) is 5.75 Å². The predicted molar refractivity (Wildman–Crippen MR) is 70.0 cm³/mol. The summed E-state index contributed by atoms with van der Waals surface area (Å²) in [6, 6.07) is 5.24. The summed E-state index contributed by atoms with van der Waals surface area (Å²) in [5.41, 5.74) is 2.55. The first-order chi connectivity index (χ1) is 7.58. The molecule has 1 N–H and O–H groups in total. The molecule has 0 bridgehead atoms. The Balaban J connectivity index is 2.37. The van der Waals surface area contributed by atoms with Gasteiger partial charge < -0.3 is 10.1 Å². The van der Waals surface area contributed by atoms with Gasteiger partial charge in [0.2, 0.25) is 0 Å². The molecule has 1 atom stereocenters. The van der Waals surface area contributed by atoms with Crippen LogP contribution in [-0.2, 0) is 0 Å². The van der Waals surface area contributed by atoms with Gasteiger partial charge >= 0.3 is 0 Å². The molecule has 16 heavy (non-hydrogen) atoms. The molecule has 1 aromatic carbocycles. The second-order valence-corrected chi connectivity index (χ2v) is 5.53. The van der Waals surface area contributed by atoms with E-state index in [4.69, 9.17) is 4.74 Å². The fraction of sp³-hybridized carbons (Fsp3) is 0.538. The highest BCUT2D eigenvalue weighted by molar-refractivity contribution is 9.10. The summed E-state index contributed by atoms with van der Waals surface area (Å²) >= 11 is 3.57. The van der Waals surface area contributed by atoms with Gasteiger partial charge in [0.15, 0.2) is 0 Å². The maximum absolute atomic E-state index is 5.73. The zero-order valence-electron chi connectivity index (χ0n) is 10.0. The molecule has 0 aromatic heterocycles. The molecule has 0 amide bonds. The van der Waals surface area contributed by atoms with E-state index in [1.165, 1.54) is 11.1 Å². The van der Waals surface area contributed by atoms with Crippen molar-refractivity contribution in [2.75, 3.05) is 6.61 Å². The van der Waals surface area contributed by atoms with Crippen molar-refractivity contribution in [2.45, 2.75) is 39.3 Å². The molecule has 1 heterocycles. The average Bonchev–Trinajstić information content (AvgIpc) is 2.18. The van der Waals surface area contributed by atoms with Crippen LogP contribution in [0.4, 0.5) is 0 Å². The van der Waals surface area contributed by atoms with E-state index in [2.05, 4.69) is 54.2 Å². The van der Waals surface area contributed by atoms with Crippen LogP contribution in [0.15, 0.2) is 16.6 Å². The van der Waals surface area contributed by atoms with Crippen LogP contribution in [0.1, 0.15) is 37.4 Å². The molecule has 2 rings (SSSR count). The van der Waals surface area contributed by atoms with E-state index in [-0.39, 0.29) is 0 Å². The van der Waals surface area contributed by atoms with Crippen molar-refractivity contribution in [2.24, 2.45) is 0 Å². The number of halogens is 1. The molecular formula is C13H18BrNO. The van der Waals surface area contributed by atoms with Gasteiger partial charge in [-0.15, -0.1) is 0 Å². The van der Waals surface area contributed by atoms with Crippen LogP contribution in [0.2, 0.25) is 0 Å². The molecule has 3 heteroatoms. The maximum Gasteiger partial charge on any atom is 0.138 e. The molecule has 0 fully saturated rings. The second kappa shape index (κ2) is 4.76. The largest absolute Gasteiger partial charge is 0.492 e. The molecule has 0 aliphatic carbocycles. The molecular weight excluding hydrogens is 266 g/mol. The topological polar surface area (TPSA) is 21.3 Å². The number of ether oxygens (including phenoxy) is 1. The Morgan fingerprint density at radius 3 is 2.88 bits per heavy atom. The third kappa shape index (κ3) is 2.41.